The van der Waals surface area contributed by atoms with E-state index < -0.39 is 22.3 Å². The molecule has 2 rings (SSSR count). The standard InChI is InChI=1S/C15H16Cl2N2O4/c1-15(16,17)14(22)19-10(13(21)23-2)6-8-7-18-12-9(8)4-3-5-11(12)20/h3-5,7,10,18,20H,6H2,1-2H3,(H,19,22). The Morgan fingerprint density at radius 1 is 1.43 bits per heavy atom. The van der Waals surface area contributed by atoms with Gasteiger partial charge >= 0.3 is 5.97 Å². The highest BCUT2D eigenvalue weighted by molar-refractivity contribution is 6.57. The molecule has 1 unspecified atom stereocenters. The number of phenolic OH excluding ortho intramolecular Hbond substituents is 1. The van der Waals surface area contributed by atoms with Crippen LogP contribution in [-0.2, 0) is 20.7 Å². The second kappa shape index (κ2) is 6.68. The van der Waals surface area contributed by atoms with Crippen molar-refractivity contribution < 1.29 is 19.4 Å². The van der Waals surface area contributed by atoms with Gasteiger partial charge in [-0.05, 0) is 18.6 Å². The van der Waals surface area contributed by atoms with Crippen LogP contribution >= 0.6 is 23.2 Å². The first-order chi connectivity index (χ1) is 10.7. The van der Waals surface area contributed by atoms with Crippen molar-refractivity contribution in [1.82, 2.24) is 10.3 Å². The summed E-state index contributed by atoms with van der Waals surface area (Å²) in [5.74, 6) is -1.22. The number of halogens is 2. The van der Waals surface area contributed by atoms with Crippen LogP contribution < -0.4 is 5.32 Å². The van der Waals surface area contributed by atoms with Crippen molar-refractivity contribution in [3.05, 3.63) is 30.0 Å². The zero-order valence-electron chi connectivity index (χ0n) is 12.5. The molecule has 0 saturated carbocycles. The highest BCUT2D eigenvalue weighted by Gasteiger charge is 2.32. The Hall–Kier alpha value is -1.92. The van der Waals surface area contributed by atoms with Crippen LogP contribution in [0, 0.1) is 0 Å². The molecule has 1 atom stereocenters. The predicted molar refractivity (Wildman–Crippen MR) is 87.7 cm³/mol. The Kier molecular flexibility index (Phi) is 5.06. The molecule has 3 N–H and O–H groups in total. The van der Waals surface area contributed by atoms with Gasteiger partial charge in [-0.3, -0.25) is 4.79 Å². The summed E-state index contributed by atoms with van der Waals surface area (Å²) < 4.78 is 3.05. The minimum Gasteiger partial charge on any atom is -0.506 e. The van der Waals surface area contributed by atoms with Gasteiger partial charge < -0.3 is 20.1 Å². The number of amides is 1. The van der Waals surface area contributed by atoms with Crippen LogP contribution in [0.4, 0.5) is 0 Å². The number of alkyl halides is 2. The van der Waals surface area contributed by atoms with Crippen molar-refractivity contribution in [2.75, 3.05) is 7.11 Å². The lowest BCUT2D eigenvalue weighted by atomic mass is 10.0. The average molecular weight is 359 g/mol. The molecule has 1 heterocycles. The van der Waals surface area contributed by atoms with E-state index in [-0.39, 0.29) is 12.2 Å². The first kappa shape index (κ1) is 17.4. The van der Waals surface area contributed by atoms with Crippen molar-refractivity contribution in [3.63, 3.8) is 0 Å². The number of para-hydroxylation sites is 1. The van der Waals surface area contributed by atoms with Crippen molar-refractivity contribution >= 4 is 46.0 Å². The third-order valence-electron chi connectivity index (χ3n) is 3.39. The molecule has 1 aromatic carbocycles. The van der Waals surface area contributed by atoms with E-state index in [2.05, 4.69) is 10.3 Å². The second-order valence-electron chi connectivity index (χ2n) is 5.16. The van der Waals surface area contributed by atoms with Gasteiger partial charge in [0.05, 0.1) is 12.6 Å². The molecule has 0 aliphatic rings. The van der Waals surface area contributed by atoms with Crippen LogP contribution in [0.25, 0.3) is 10.9 Å². The maximum Gasteiger partial charge on any atom is 0.328 e. The van der Waals surface area contributed by atoms with Gasteiger partial charge in [-0.15, -0.1) is 0 Å². The lowest BCUT2D eigenvalue weighted by Gasteiger charge is -2.20. The van der Waals surface area contributed by atoms with Gasteiger partial charge in [0.1, 0.15) is 11.8 Å². The van der Waals surface area contributed by atoms with Crippen LogP contribution in [0.1, 0.15) is 12.5 Å². The minimum atomic E-state index is -1.66. The normalized spacial score (nSPS) is 12.9. The molecule has 0 radical (unpaired) electrons. The van der Waals surface area contributed by atoms with Gasteiger partial charge in [0.25, 0.3) is 5.91 Å². The number of hydrogen-bond donors (Lipinski definition) is 3. The fourth-order valence-corrected chi connectivity index (χ4v) is 2.31. The SMILES string of the molecule is COC(=O)C(Cc1c[nH]c2c(O)cccc12)NC(=O)C(C)(Cl)Cl. The largest absolute Gasteiger partial charge is 0.506 e. The zero-order valence-corrected chi connectivity index (χ0v) is 14.0. The first-order valence-electron chi connectivity index (χ1n) is 6.78. The summed E-state index contributed by atoms with van der Waals surface area (Å²) in [5.41, 5.74) is 1.29. The highest BCUT2D eigenvalue weighted by Crippen LogP contribution is 2.27. The molecule has 2 aromatic rings. The summed E-state index contributed by atoms with van der Waals surface area (Å²) in [5, 5.41) is 13.0. The molecule has 0 aliphatic carbocycles. The summed E-state index contributed by atoms with van der Waals surface area (Å²) in [7, 11) is 1.23. The molecule has 0 aliphatic heterocycles. The number of H-pyrrole nitrogens is 1. The fraction of sp³-hybridized carbons (Fsp3) is 0.333. The topological polar surface area (TPSA) is 91.4 Å². The molecular weight excluding hydrogens is 343 g/mol. The van der Waals surface area contributed by atoms with Gasteiger partial charge in [-0.1, -0.05) is 35.3 Å². The van der Waals surface area contributed by atoms with Crippen LogP contribution in [0.15, 0.2) is 24.4 Å². The number of ether oxygens (including phenoxy) is 1. The van der Waals surface area contributed by atoms with E-state index in [9.17, 15) is 14.7 Å². The second-order valence-corrected chi connectivity index (χ2v) is 6.86. The van der Waals surface area contributed by atoms with Crippen molar-refractivity contribution in [2.24, 2.45) is 0 Å². The van der Waals surface area contributed by atoms with Gasteiger partial charge in [-0.2, -0.15) is 0 Å². The van der Waals surface area contributed by atoms with Crippen LogP contribution in [0.5, 0.6) is 5.75 Å². The number of esters is 1. The molecule has 0 spiro atoms. The molecule has 124 valence electrons. The van der Waals surface area contributed by atoms with Gasteiger partial charge in [-0.25, -0.2) is 4.79 Å². The number of methoxy groups -OCH3 is 1. The molecular formula is C15H16Cl2N2O4. The Balaban J connectivity index is 2.28. The quantitative estimate of drug-likeness (QED) is 0.564. The lowest BCUT2D eigenvalue weighted by Crippen LogP contribution is -2.48. The number of aromatic amines is 1. The Labute approximate surface area is 142 Å². The molecule has 6 nitrogen and oxygen atoms in total. The molecule has 0 saturated heterocycles. The monoisotopic (exact) mass is 358 g/mol. The van der Waals surface area contributed by atoms with Gasteiger partial charge in [0, 0.05) is 18.0 Å². The summed E-state index contributed by atoms with van der Waals surface area (Å²) in [4.78, 5) is 26.8. The summed E-state index contributed by atoms with van der Waals surface area (Å²) >= 11 is 11.5. The highest BCUT2D eigenvalue weighted by atomic mass is 35.5. The predicted octanol–water partition coefficient (Wildman–Crippen LogP) is 2.27. The number of benzene rings is 1. The number of aromatic nitrogens is 1. The number of nitrogens with one attached hydrogen (secondary N) is 2. The third kappa shape index (κ3) is 3.89. The van der Waals surface area contributed by atoms with Crippen LogP contribution in [-0.4, -0.2) is 39.5 Å². The molecule has 23 heavy (non-hydrogen) atoms. The number of hydrogen-bond acceptors (Lipinski definition) is 4. The van der Waals surface area contributed by atoms with E-state index >= 15 is 0 Å². The molecule has 8 heteroatoms. The Morgan fingerprint density at radius 3 is 2.74 bits per heavy atom. The number of rotatable bonds is 5. The number of carbonyl (C=O) groups is 2. The van der Waals surface area contributed by atoms with Gasteiger partial charge in [0.15, 0.2) is 4.33 Å². The van der Waals surface area contributed by atoms with Crippen molar-refractivity contribution in [2.45, 2.75) is 23.7 Å². The lowest BCUT2D eigenvalue weighted by molar-refractivity contribution is -0.145. The molecule has 1 amide bonds. The summed E-state index contributed by atoms with van der Waals surface area (Å²) in [6.07, 6.45) is 1.82. The zero-order chi connectivity index (χ0) is 17.2. The molecule has 0 bridgehead atoms. The smallest absolute Gasteiger partial charge is 0.328 e. The fourth-order valence-electron chi connectivity index (χ4n) is 2.21. The first-order valence-corrected chi connectivity index (χ1v) is 7.54. The molecule has 0 fully saturated rings. The van der Waals surface area contributed by atoms with E-state index in [1.54, 1.807) is 24.4 Å². The van der Waals surface area contributed by atoms with E-state index in [0.29, 0.717) is 5.52 Å². The van der Waals surface area contributed by atoms with Crippen LogP contribution in [0.2, 0.25) is 0 Å². The maximum absolute atomic E-state index is 11.9. The minimum absolute atomic E-state index is 0.0986. The number of aromatic hydroxyl groups is 1. The van der Waals surface area contributed by atoms with E-state index in [1.165, 1.54) is 14.0 Å². The van der Waals surface area contributed by atoms with Crippen molar-refractivity contribution in [1.29, 1.82) is 0 Å². The Morgan fingerprint density at radius 2 is 2.13 bits per heavy atom. The maximum atomic E-state index is 11.9. The van der Waals surface area contributed by atoms with Crippen LogP contribution in [0.3, 0.4) is 0 Å². The number of fused-ring (bicyclic) bond motifs is 1. The average Bonchev–Trinajstić information content (AvgIpc) is 2.89. The van der Waals surface area contributed by atoms with E-state index in [4.69, 9.17) is 27.9 Å². The number of carbonyl (C=O) groups excluding carboxylic acids is 2. The third-order valence-corrected chi connectivity index (χ3v) is 3.74. The Bertz CT molecular complexity index is 737. The van der Waals surface area contributed by atoms with E-state index in [0.717, 1.165) is 10.9 Å². The van der Waals surface area contributed by atoms with Gasteiger partial charge in [0.2, 0.25) is 0 Å². The summed E-state index contributed by atoms with van der Waals surface area (Å²) in [6.45, 7) is 1.31. The van der Waals surface area contributed by atoms with E-state index in [1.807, 2.05) is 0 Å². The van der Waals surface area contributed by atoms with Crippen molar-refractivity contribution in [3.8, 4) is 5.75 Å². The molecule has 1 aromatic heterocycles. The number of phenols is 1. The summed E-state index contributed by atoms with van der Waals surface area (Å²) in [6, 6.07) is 4.08.